The van der Waals surface area contributed by atoms with Gasteiger partial charge in [0.05, 0.1) is 18.1 Å². The molecule has 1 aromatic heterocycles. The molecule has 0 radical (unpaired) electrons. The number of aromatic amines is 1. The summed E-state index contributed by atoms with van der Waals surface area (Å²) in [4.78, 5) is 18.1. The van der Waals surface area contributed by atoms with Crippen LogP contribution in [0.1, 0.15) is 11.1 Å². The van der Waals surface area contributed by atoms with Crippen LogP contribution in [0.25, 0.3) is 21.7 Å². The largest absolute Gasteiger partial charge is 0.379 e. The van der Waals surface area contributed by atoms with Gasteiger partial charge in [0.15, 0.2) is 0 Å². The molecule has 1 aliphatic heterocycles. The number of rotatable bonds is 3. The van der Waals surface area contributed by atoms with E-state index in [9.17, 15) is 13.2 Å². The highest BCUT2D eigenvalue weighted by Crippen LogP contribution is 2.38. The lowest BCUT2D eigenvalue weighted by molar-refractivity contribution is 0.0272. The number of sulfonamides is 1. The average Bonchev–Trinajstić information content (AvgIpc) is 3.01. The van der Waals surface area contributed by atoms with E-state index in [0.717, 1.165) is 21.9 Å². The third kappa shape index (κ3) is 2.30. The maximum atomic E-state index is 13.0. The first-order chi connectivity index (χ1) is 12.5. The Hall–Kier alpha value is -2.26. The minimum Gasteiger partial charge on any atom is -0.379 e. The van der Waals surface area contributed by atoms with Crippen LogP contribution in [0.3, 0.4) is 0 Å². The number of nitrogens with one attached hydrogen (secondary N) is 2. The van der Waals surface area contributed by atoms with Crippen LogP contribution in [-0.2, 0) is 21.2 Å². The van der Waals surface area contributed by atoms with Crippen molar-refractivity contribution in [3.63, 3.8) is 0 Å². The number of hydrogen-bond acceptors (Lipinski definition) is 5. The second kappa shape index (κ2) is 5.62. The van der Waals surface area contributed by atoms with E-state index >= 15 is 0 Å². The average molecular weight is 371 g/mol. The van der Waals surface area contributed by atoms with E-state index in [1.165, 1.54) is 0 Å². The Kier molecular flexibility index (Phi) is 3.45. The van der Waals surface area contributed by atoms with Gasteiger partial charge in [0, 0.05) is 41.2 Å². The van der Waals surface area contributed by atoms with Crippen molar-refractivity contribution >= 4 is 31.7 Å². The Morgan fingerprint density at radius 3 is 2.69 bits per heavy atom. The van der Waals surface area contributed by atoms with Crippen molar-refractivity contribution in [2.24, 2.45) is 0 Å². The fourth-order valence-electron chi connectivity index (χ4n) is 3.93. The highest BCUT2D eigenvalue weighted by atomic mass is 32.2. The molecule has 2 aromatic carbocycles. The lowest BCUT2D eigenvalue weighted by Gasteiger charge is -2.27. The van der Waals surface area contributed by atoms with Crippen LogP contribution in [0.4, 0.5) is 0 Å². The van der Waals surface area contributed by atoms with Gasteiger partial charge in [-0.1, -0.05) is 12.1 Å². The van der Waals surface area contributed by atoms with Gasteiger partial charge in [-0.25, -0.2) is 13.4 Å². The minimum absolute atomic E-state index is 0.149. The highest BCUT2D eigenvalue weighted by Gasteiger charge is 2.28. The fraction of sp³-hybridized carbons (Fsp3) is 0.278. The molecule has 8 heteroatoms. The van der Waals surface area contributed by atoms with Gasteiger partial charge in [-0.15, -0.1) is 4.83 Å². The number of morpholine rings is 1. The van der Waals surface area contributed by atoms with Crippen molar-refractivity contribution in [1.82, 2.24) is 14.8 Å². The predicted octanol–water partition coefficient (Wildman–Crippen LogP) is 1.11. The lowest BCUT2D eigenvalue weighted by Crippen LogP contribution is -2.48. The zero-order chi connectivity index (χ0) is 17.9. The summed E-state index contributed by atoms with van der Waals surface area (Å²) >= 11 is 0. The lowest BCUT2D eigenvalue weighted by atomic mass is 10.1. The molecule has 0 atom stereocenters. The van der Waals surface area contributed by atoms with Gasteiger partial charge in [-0.2, -0.15) is 0 Å². The first kappa shape index (κ1) is 16.0. The zero-order valence-corrected chi connectivity index (χ0v) is 14.7. The fourth-order valence-corrected chi connectivity index (χ4v) is 5.30. The van der Waals surface area contributed by atoms with Crippen LogP contribution < -0.4 is 10.4 Å². The number of hydrogen-bond donors (Lipinski definition) is 2. The van der Waals surface area contributed by atoms with Gasteiger partial charge in [-0.3, -0.25) is 4.79 Å². The molecule has 0 spiro atoms. The maximum absolute atomic E-state index is 13.0. The molecule has 2 N–H and O–H groups in total. The van der Waals surface area contributed by atoms with Crippen molar-refractivity contribution in [3.8, 4) is 0 Å². The molecule has 5 rings (SSSR count). The molecule has 26 heavy (non-hydrogen) atoms. The molecule has 1 saturated heterocycles. The van der Waals surface area contributed by atoms with E-state index in [-0.39, 0.29) is 10.5 Å². The third-order valence-corrected chi connectivity index (χ3v) is 6.54. The van der Waals surface area contributed by atoms with Gasteiger partial charge in [0.1, 0.15) is 0 Å². The smallest absolute Gasteiger partial charge is 0.256 e. The van der Waals surface area contributed by atoms with Gasteiger partial charge in [0.2, 0.25) is 0 Å². The summed E-state index contributed by atoms with van der Waals surface area (Å²) in [6.45, 7) is 2.03. The van der Waals surface area contributed by atoms with E-state index in [4.69, 9.17) is 4.74 Å². The quantitative estimate of drug-likeness (QED) is 0.527. The number of aromatic nitrogens is 1. The summed E-state index contributed by atoms with van der Waals surface area (Å²) in [6, 6.07) is 8.82. The monoisotopic (exact) mass is 371 g/mol. The van der Waals surface area contributed by atoms with Gasteiger partial charge in [-0.05, 0) is 29.3 Å². The molecule has 1 aliphatic carbocycles. The topological polar surface area (TPSA) is 91.5 Å². The van der Waals surface area contributed by atoms with Crippen LogP contribution >= 0.6 is 0 Å². The summed E-state index contributed by atoms with van der Waals surface area (Å²) in [7, 11) is -3.71. The van der Waals surface area contributed by atoms with Crippen molar-refractivity contribution in [2.45, 2.75) is 11.3 Å². The highest BCUT2D eigenvalue weighted by molar-refractivity contribution is 7.89. The number of benzene rings is 2. The Balaban J connectivity index is 1.69. The van der Waals surface area contributed by atoms with E-state index in [0.29, 0.717) is 43.6 Å². The summed E-state index contributed by atoms with van der Waals surface area (Å²) in [6.07, 6.45) is 0.501. The molecule has 0 bridgehead atoms. The Morgan fingerprint density at radius 2 is 1.88 bits per heavy atom. The van der Waals surface area contributed by atoms with Crippen molar-refractivity contribution < 1.29 is 13.2 Å². The van der Waals surface area contributed by atoms with Crippen LogP contribution in [0, 0.1) is 0 Å². The van der Waals surface area contributed by atoms with Crippen molar-refractivity contribution in [3.05, 3.63) is 51.8 Å². The van der Waals surface area contributed by atoms with Crippen LogP contribution in [0.5, 0.6) is 0 Å². The van der Waals surface area contributed by atoms with Gasteiger partial charge in [0.25, 0.3) is 15.6 Å². The van der Waals surface area contributed by atoms with Crippen molar-refractivity contribution in [2.75, 3.05) is 26.3 Å². The first-order valence-electron chi connectivity index (χ1n) is 8.49. The second-order valence-corrected chi connectivity index (χ2v) is 8.26. The normalized spacial score (nSPS) is 17.5. The van der Waals surface area contributed by atoms with E-state index in [1.807, 2.05) is 12.1 Å². The molecular formula is C18H17N3O4S. The van der Waals surface area contributed by atoms with E-state index in [1.54, 1.807) is 23.2 Å². The van der Waals surface area contributed by atoms with Gasteiger partial charge < -0.3 is 9.72 Å². The summed E-state index contributed by atoms with van der Waals surface area (Å²) in [5.74, 6) is 0. The van der Waals surface area contributed by atoms with Crippen LogP contribution in [0.2, 0.25) is 0 Å². The molecule has 7 nitrogen and oxygen atoms in total. The standard InChI is InChI=1S/C18H17N3O4S/c22-18-12-3-1-2-11-10-13-15(5-4-14(19-18)17(13)16(11)12)26(23,24)20-21-6-8-25-9-7-21/h1-5,20H,6-10H2,(H,19,22). The molecule has 2 aliphatic rings. The van der Waals surface area contributed by atoms with Crippen LogP contribution in [-0.4, -0.2) is 44.7 Å². The minimum atomic E-state index is -3.71. The molecule has 0 saturated carbocycles. The molecule has 0 amide bonds. The summed E-state index contributed by atoms with van der Waals surface area (Å²) in [5.41, 5.74) is 2.25. The number of nitrogens with zero attached hydrogens (tertiary/aromatic N) is 1. The number of hydrazine groups is 1. The molecule has 3 aromatic rings. The first-order valence-corrected chi connectivity index (χ1v) is 9.97. The third-order valence-electron chi connectivity index (χ3n) is 5.08. The number of ether oxygens (including phenoxy) is 1. The maximum Gasteiger partial charge on any atom is 0.256 e. The second-order valence-electron chi connectivity index (χ2n) is 6.63. The summed E-state index contributed by atoms with van der Waals surface area (Å²) in [5, 5.41) is 3.97. The Labute approximate surface area is 149 Å². The SMILES string of the molecule is O=c1[nH]c2ccc(S(=O)(=O)NN3CCOCC3)c3c2c2c(cccc12)C3. The van der Waals surface area contributed by atoms with Gasteiger partial charge >= 0.3 is 0 Å². The summed E-state index contributed by atoms with van der Waals surface area (Å²) < 4.78 is 31.3. The molecule has 0 unspecified atom stereocenters. The molecule has 1 fully saturated rings. The number of H-pyrrole nitrogens is 1. The van der Waals surface area contributed by atoms with Crippen LogP contribution in [0.15, 0.2) is 40.0 Å². The van der Waals surface area contributed by atoms with Crippen molar-refractivity contribution in [1.29, 1.82) is 0 Å². The Bertz CT molecular complexity index is 1210. The molecular weight excluding hydrogens is 354 g/mol. The van der Waals surface area contributed by atoms with E-state index < -0.39 is 10.0 Å². The van der Waals surface area contributed by atoms with E-state index in [2.05, 4.69) is 9.82 Å². The Morgan fingerprint density at radius 1 is 1.08 bits per heavy atom. The molecule has 2 heterocycles. The predicted molar refractivity (Wildman–Crippen MR) is 97.6 cm³/mol. The number of pyridine rings is 1. The zero-order valence-electron chi connectivity index (χ0n) is 13.9. The molecule has 134 valence electrons.